The van der Waals surface area contributed by atoms with E-state index in [1.807, 2.05) is 18.2 Å². The van der Waals surface area contributed by atoms with Gasteiger partial charge in [-0.1, -0.05) is 31.7 Å². The van der Waals surface area contributed by atoms with Gasteiger partial charge in [-0.3, -0.25) is 0 Å². The maximum Gasteiger partial charge on any atom is 0.189 e. The van der Waals surface area contributed by atoms with Crippen LogP contribution in [0.5, 0.6) is 11.5 Å². The molecule has 23 heavy (non-hydrogen) atoms. The van der Waals surface area contributed by atoms with Gasteiger partial charge in [-0.25, -0.2) is 4.99 Å². The van der Waals surface area contributed by atoms with Gasteiger partial charge in [-0.05, 0) is 30.5 Å². The molecule has 0 amide bonds. The summed E-state index contributed by atoms with van der Waals surface area (Å²) in [6.45, 7) is 0.534. The molecule has 1 aromatic carbocycles. The monoisotopic (exact) mass is 433 g/mol. The maximum atomic E-state index is 6.01. The van der Waals surface area contributed by atoms with E-state index in [0.29, 0.717) is 24.3 Å². The van der Waals surface area contributed by atoms with Crippen molar-refractivity contribution < 1.29 is 9.47 Å². The van der Waals surface area contributed by atoms with E-state index in [2.05, 4.69) is 10.3 Å². The van der Waals surface area contributed by atoms with Gasteiger partial charge in [0.25, 0.3) is 0 Å². The Morgan fingerprint density at radius 2 is 1.78 bits per heavy atom. The van der Waals surface area contributed by atoms with Crippen molar-refractivity contribution in [2.24, 2.45) is 10.7 Å². The lowest BCUT2D eigenvalue weighted by Gasteiger charge is -2.16. The SMILES string of the molecule is COc1ccc(CN=C(N)NC2CCCCCC2)cc1OC.I. The van der Waals surface area contributed by atoms with Gasteiger partial charge in [0.1, 0.15) is 0 Å². The number of benzene rings is 1. The van der Waals surface area contributed by atoms with Crippen LogP contribution in [0.2, 0.25) is 0 Å². The zero-order chi connectivity index (χ0) is 15.8. The fourth-order valence-electron chi connectivity index (χ4n) is 2.83. The van der Waals surface area contributed by atoms with E-state index >= 15 is 0 Å². The molecule has 0 spiro atoms. The van der Waals surface area contributed by atoms with E-state index in [-0.39, 0.29) is 24.0 Å². The molecule has 3 N–H and O–H groups in total. The predicted octanol–water partition coefficient (Wildman–Crippen LogP) is 3.45. The lowest BCUT2D eigenvalue weighted by Crippen LogP contribution is -2.39. The summed E-state index contributed by atoms with van der Waals surface area (Å²) in [5.74, 6) is 1.96. The van der Waals surface area contributed by atoms with Gasteiger partial charge in [0.2, 0.25) is 0 Å². The highest BCUT2D eigenvalue weighted by Gasteiger charge is 2.12. The number of rotatable bonds is 5. The Morgan fingerprint density at radius 3 is 2.39 bits per heavy atom. The van der Waals surface area contributed by atoms with Gasteiger partial charge in [0.15, 0.2) is 17.5 Å². The van der Waals surface area contributed by atoms with Gasteiger partial charge in [-0.15, -0.1) is 24.0 Å². The number of halogens is 1. The zero-order valence-electron chi connectivity index (χ0n) is 14.0. The highest BCUT2D eigenvalue weighted by atomic mass is 127. The minimum Gasteiger partial charge on any atom is -0.493 e. The fraction of sp³-hybridized carbons (Fsp3) is 0.588. The van der Waals surface area contributed by atoms with Crippen LogP contribution in [0, 0.1) is 0 Å². The number of aliphatic imine (C=N–C) groups is 1. The van der Waals surface area contributed by atoms with Crippen molar-refractivity contribution in [3.8, 4) is 11.5 Å². The summed E-state index contributed by atoms with van der Waals surface area (Å²) in [6, 6.07) is 6.26. The first kappa shape index (κ1) is 19.9. The van der Waals surface area contributed by atoms with Crippen LogP contribution in [0.3, 0.4) is 0 Å². The molecule has 1 fully saturated rings. The lowest BCUT2D eigenvalue weighted by molar-refractivity contribution is 0.354. The minimum atomic E-state index is 0. The highest BCUT2D eigenvalue weighted by Crippen LogP contribution is 2.27. The molecule has 0 atom stereocenters. The van der Waals surface area contributed by atoms with Gasteiger partial charge < -0.3 is 20.5 Å². The molecule has 1 aliphatic carbocycles. The van der Waals surface area contributed by atoms with Gasteiger partial charge in [0, 0.05) is 6.04 Å². The summed E-state index contributed by atoms with van der Waals surface area (Å²) >= 11 is 0. The number of nitrogens with two attached hydrogens (primary N) is 1. The summed E-state index contributed by atoms with van der Waals surface area (Å²) in [5.41, 5.74) is 7.06. The largest absolute Gasteiger partial charge is 0.493 e. The van der Waals surface area contributed by atoms with Crippen LogP contribution in [0.4, 0.5) is 0 Å². The standard InChI is InChI=1S/C17H27N3O2.HI/c1-21-15-10-9-13(11-16(15)22-2)12-19-17(18)20-14-7-5-3-4-6-8-14;/h9-11,14H,3-8,12H2,1-2H3,(H3,18,19,20);1H. The van der Waals surface area contributed by atoms with E-state index in [0.717, 1.165) is 11.3 Å². The minimum absolute atomic E-state index is 0. The second-order valence-corrected chi connectivity index (χ2v) is 5.72. The fourth-order valence-corrected chi connectivity index (χ4v) is 2.83. The van der Waals surface area contributed by atoms with Crippen molar-refractivity contribution in [1.29, 1.82) is 0 Å². The van der Waals surface area contributed by atoms with E-state index in [9.17, 15) is 0 Å². The van der Waals surface area contributed by atoms with Crippen LogP contribution < -0.4 is 20.5 Å². The number of methoxy groups -OCH3 is 2. The number of guanidine groups is 1. The van der Waals surface area contributed by atoms with Crippen molar-refractivity contribution in [2.75, 3.05) is 14.2 Å². The first-order valence-corrected chi connectivity index (χ1v) is 8.00. The maximum absolute atomic E-state index is 6.01. The van der Waals surface area contributed by atoms with Crippen LogP contribution >= 0.6 is 24.0 Å². The molecule has 5 nitrogen and oxygen atoms in total. The predicted molar refractivity (Wildman–Crippen MR) is 105 cm³/mol. The van der Waals surface area contributed by atoms with Gasteiger partial charge in [0.05, 0.1) is 20.8 Å². The molecule has 0 aliphatic heterocycles. The third-order valence-corrected chi connectivity index (χ3v) is 4.09. The first-order chi connectivity index (χ1) is 10.7. The molecule has 1 aromatic rings. The Kier molecular flexibility index (Phi) is 9.13. The molecule has 1 saturated carbocycles. The highest BCUT2D eigenvalue weighted by molar-refractivity contribution is 14.0. The lowest BCUT2D eigenvalue weighted by atomic mass is 10.1. The third-order valence-electron chi connectivity index (χ3n) is 4.09. The molecule has 0 unspecified atom stereocenters. The van der Waals surface area contributed by atoms with Gasteiger partial charge in [-0.2, -0.15) is 0 Å². The molecule has 2 rings (SSSR count). The average molecular weight is 433 g/mol. The van der Waals surface area contributed by atoms with Crippen LogP contribution in [0.1, 0.15) is 44.1 Å². The number of hydrogen-bond donors (Lipinski definition) is 2. The summed E-state index contributed by atoms with van der Waals surface area (Å²) < 4.78 is 10.5. The number of hydrogen-bond acceptors (Lipinski definition) is 3. The Balaban J connectivity index is 0.00000264. The van der Waals surface area contributed by atoms with E-state index in [4.69, 9.17) is 15.2 Å². The van der Waals surface area contributed by atoms with E-state index in [1.165, 1.54) is 38.5 Å². The zero-order valence-corrected chi connectivity index (χ0v) is 16.3. The van der Waals surface area contributed by atoms with Crippen LogP contribution in [-0.2, 0) is 6.54 Å². The molecular formula is C17H28IN3O2. The van der Waals surface area contributed by atoms with Crippen molar-refractivity contribution in [3.63, 3.8) is 0 Å². The molecule has 0 bridgehead atoms. The quantitative estimate of drug-likeness (QED) is 0.323. The Bertz CT molecular complexity index is 501. The van der Waals surface area contributed by atoms with Crippen molar-refractivity contribution in [1.82, 2.24) is 5.32 Å². The van der Waals surface area contributed by atoms with Crippen molar-refractivity contribution in [3.05, 3.63) is 23.8 Å². The molecule has 0 heterocycles. The second kappa shape index (κ2) is 10.6. The number of nitrogens with zero attached hydrogens (tertiary/aromatic N) is 1. The molecule has 6 heteroatoms. The van der Waals surface area contributed by atoms with Crippen molar-refractivity contribution in [2.45, 2.75) is 51.1 Å². The summed E-state index contributed by atoms with van der Waals surface area (Å²) in [4.78, 5) is 4.44. The van der Waals surface area contributed by atoms with Crippen LogP contribution in [0.25, 0.3) is 0 Å². The molecule has 0 saturated heterocycles. The van der Waals surface area contributed by atoms with E-state index < -0.39 is 0 Å². The summed E-state index contributed by atoms with van der Waals surface area (Å²) in [7, 11) is 3.26. The average Bonchev–Trinajstić information content (AvgIpc) is 2.81. The Labute approximate surface area is 156 Å². The Morgan fingerprint density at radius 1 is 1.13 bits per heavy atom. The first-order valence-electron chi connectivity index (χ1n) is 8.00. The number of ether oxygens (including phenoxy) is 2. The molecule has 130 valence electrons. The van der Waals surface area contributed by atoms with E-state index in [1.54, 1.807) is 14.2 Å². The normalized spacial score (nSPS) is 16.2. The Hall–Kier alpha value is -1.18. The topological polar surface area (TPSA) is 68.9 Å². The van der Waals surface area contributed by atoms with Crippen LogP contribution in [-0.4, -0.2) is 26.2 Å². The summed E-state index contributed by atoms with van der Waals surface area (Å²) in [6.07, 6.45) is 7.60. The number of nitrogens with one attached hydrogen (secondary N) is 1. The molecule has 0 radical (unpaired) electrons. The summed E-state index contributed by atoms with van der Waals surface area (Å²) in [5, 5.41) is 3.35. The van der Waals surface area contributed by atoms with Crippen LogP contribution in [0.15, 0.2) is 23.2 Å². The molecular weight excluding hydrogens is 405 g/mol. The molecule has 0 aromatic heterocycles. The van der Waals surface area contributed by atoms with Crippen molar-refractivity contribution >= 4 is 29.9 Å². The second-order valence-electron chi connectivity index (χ2n) is 5.72. The smallest absolute Gasteiger partial charge is 0.189 e. The third kappa shape index (κ3) is 6.45. The molecule has 1 aliphatic rings. The van der Waals surface area contributed by atoms with Gasteiger partial charge >= 0.3 is 0 Å².